The molecular formula is C25H25ClF3N7. The van der Waals surface area contributed by atoms with Crippen LogP contribution in [0.5, 0.6) is 0 Å². The highest BCUT2D eigenvalue weighted by Gasteiger charge is 2.33. The first-order chi connectivity index (χ1) is 17.3. The van der Waals surface area contributed by atoms with Gasteiger partial charge in [-0.2, -0.15) is 18.2 Å². The fraction of sp³-hybridized carbons (Fsp3) is 0.280. The fourth-order valence-corrected chi connectivity index (χ4v) is 4.05. The summed E-state index contributed by atoms with van der Waals surface area (Å²) in [6, 6.07) is 8.61. The van der Waals surface area contributed by atoms with Crippen molar-refractivity contribution in [3.05, 3.63) is 78.8 Å². The smallest absolute Gasteiger partial charge is 0.337 e. The zero-order valence-corrected chi connectivity index (χ0v) is 20.4. The van der Waals surface area contributed by atoms with E-state index in [0.717, 1.165) is 28.9 Å². The third-order valence-electron chi connectivity index (χ3n) is 5.74. The summed E-state index contributed by atoms with van der Waals surface area (Å²) in [4.78, 5) is 23.1. The predicted octanol–water partition coefficient (Wildman–Crippen LogP) is 5.07. The summed E-state index contributed by atoms with van der Waals surface area (Å²) in [5.74, 6) is 1.65. The SMILES string of the molecule is C=C/C=C\C(=C/CCl)N(C)c1nc(N2CCN(c3nccc(C(F)(F)F)n3)CC2)nc2ccccc12. The Morgan fingerprint density at radius 3 is 2.42 bits per heavy atom. The Bertz CT molecular complexity index is 1280. The van der Waals surface area contributed by atoms with Crippen LogP contribution in [0.3, 0.4) is 0 Å². The topological polar surface area (TPSA) is 61.3 Å². The molecular weight excluding hydrogens is 491 g/mol. The summed E-state index contributed by atoms with van der Waals surface area (Å²) in [7, 11) is 1.91. The largest absolute Gasteiger partial charge is 0.433 e. The second kappa shape index (κ2) is 10.9. The third-order valence-corrected chi connectivity index (χ3v) is 5.90. The Hall–Kier alpha value is -3.66. The second-order valence-corrected chi connectivity index (χ2v) is 8.32. The van der Waals surface area contributed by atoms with Gasteiger partial charge in [0.25, 0.3) is 0 Å². The van der Waals surface area contributed by atoms with E-state index in [-0.39, 0.29) is 5.95 Å². The van der Waals surface area contributed by atoms with Crippen LogP contribution >= 0.6 is 11.6 Å². The molecule has 1 aromatic carbocycles. The number of halogens is 4. The first kappa shape index (κ1) is 25.4. The van der Waals surface area contributed by atoms with Gasteiger partial charge in [0, 0.05) is 56.4 Å². The molecule has 36 heavy (non-hydrogen) atoms. The first-order valence-corrected chi connectivity index (χ1v) is 11.8. The maximum atomic E-state index is 13.1. The number of aromatic nitrogens is 4. The Morgan fingerprint density at radius 1 is 1.06 bits per heavy atom. The summed E-state index contributed by atoms with van der Waals surface area (Å²) >= 11 is 6.00. The van der Waals surface area contributed by atoms with Gasteiger partial charge in [-0.05, 0) is 30.4 Å². The molecule has 11 heteroatoms. The van der Waals surface area contributed by atoms with Gasteiger partial charge in [-0.1, -0.05) is 30.9 Å². The van der Waals surface area contributed by atoms with E-state index in [1.807, 2.05) is 59.3 Å². The molecule has 0 spiro atoms. The maximum Gasteiger partial charge on any atom is 0.433 e. The van der Waals surface area contributed by atoms with Crippen LogP contribution in [0.25, 0.3) is 10.9 Å². The van der Waals surface area contributed by atoms with E-state index in [9.17, 15) is 13.2 Å². The van der Waals surface area contributed by atoms with E-state index in [0.29, 0.717) is 43.8 Å². The lowest BCUT2D eigenvalue weighted by Crippen LogP contribution is -2.47. The van der Waals surface area contributed by atoms with Crippen LogP contribution in [0, 0.1) is 0 Å². The van der Waals surface area contributed by atoms with Crippen molar-refractivity contribution in [1.29, 1.82) is 0 Å². The molecule has 1 aliphatic rings. The average molecular weight is 516 g/mol. The molecule has 1 aliphatic heterocycles. The van der Waals surface area contributed by atoms with E-state index in [1.165, 1.54) is 0 Å². The van der Waals surface area contributed by atoms with E-state index in [4.69, 9.17) is 21.6 Å². The number of allylic oxidation sites excluding steroid dienone is 4. The van der Waals surface area contributed by atoms with Crippen LogP contribution in [0.1, 0.15) is 5.69 Å². The second-order valence-electron chi connectivity index (χ2n) is 8.02. The number of likely N-dealkylation sites (N-methyl/N-ethyl adjacent to an activating group) is 1. The number of anilines is 3. The van der Waals surface area contributed by atoms with Gasteiger partial charge >= 0.3 is 6.18 Å². The summed E-state index contributed by atoms with van der Waals surface area (Å²) in [5.41, 5.74) is 0.684. The van der Waals surface area contributed by atoms with Crippen LogP contribution < -0.4 is 14.7 Å². The molecule has 3 heterocycles. The lowest BCUT2D eigenvalue weighted by Gasteiger charge is -2.35. The molecule has 4 rings (SSSR count). The van der Waals surface area contributed by atoms with Crippen LogP contribution in [0.4, 0.5) is 30.9 Å². The van der Waals surface area contributed by atoms with Gasteiger partial charge in [0.05, 0.1) is 5.52 Å². The fourth-order valence-electron chi connectivity index (χ4n) is 3.89. The van der Waals surface area contributed by atoms with Crippen molar-refractivity contribution in [3.8, 4) is 0 Å². The number of hydrogen-bond donors (Lipinski definition) is 0. The maximum absolute atomic E-state index is 13.1. The Labute approximate surface area is 212 Å². The van der Waals surface area contributed by atoms with E-state index < -0.39 is 11.9 Å². The molecule has 0 bridgehead atoms. The lowest BCUT2D eigenvalue weighted by molar-refractivity contribution is -0.141. The standard InChI is InChI=1S/C25H25ClF3N7/c1-3-4-7-18(10-12-26)34(2)22-19-8-5-6-9-20(19)31-24(33-22)36-16-14-35(15-17-36)23-30-13-11-21(32-23)25(27,28)29/h3-11,13H,1,12,14-17H2,2H3/b7-4-,18-10+. The molecule has 188 valence electrons. The van der Waals surface area contributed by atoms with Gasteiger partial charge in [-0.3, -0.25) is 0 Å². The van der Waals surface area contributed by atoms with Gasteiger partial charge in [0.1, 0.15) is 11.5 Å². The van der Waals surface area contributed by atoms with Gasteiger partial charge in [0.2, 0.25) is 11.9 Å². The summed E-state index contributed by atoms with van der Waals surface area (Å²) in [6.45, 7) is 5.60. The predicted molar refractivity (Wildman–Crippen MR) is 138 cm³/mol. The third kappa shape index (κ3) is 5.59. The molecule has 1 saturated heterocycles. The highest BCUT2D eigenvalue weighted by Crippen LogP contribution is 2.30. The van der Waals surface area contributed by atoms with Crippen molar-refractivity contribution in [1.82, 2.24) is 19.9 Å². The van der Waals surface area contributed by atoms with E-state index in [2.05, 4.69) is 16.5 Å². The van der Waals surface area contributed by atoms with Crippen molar-refractivity contribution < 1.29 is 13.2 Å². The molecule has 0 aliphatic carbocycles. The number of alkyl halides is 4. The minimum absolute atomic E-state index is 0.0641. The van der Waals surface area contributed by atoms with Gasteiger partial charge in [-0.25, -0.2) is 15.0 Å². The highest BCUT2D eigenvalue weighted by atomic mass is 35.5. The monoisotopic (exact) mass is 515 g/mol. The molecule has 0 unspecified atom stereocenters. The summed E-state index contributed by atoms with van der Waals surface area (Å²) in [5, 5.41) is 0.882. The molecule has 7 nitrogen and oxygen atoms in total. The number of rotatable bonds is 7. The number of hydrogen-bond acceptors (Lipinski definition) is 7. The minimum atomic E-state index is -4.52. The molecule has 0 saturated carbocycles. The molecule has 0 amide bonds. The Balaban J connectivity index is 1.61. The zero-order chi connectivity index (χ0) is 25.7. The van der Waals surface area contributed by atoms with Crippen LogP contribution in [0.15, 0.2) is 73.1 Å². The minimum Gasteiger partial charge on any atom is -0.337 e. The quantitative estimate of drug-likeness (QED) is 0.322. The van der Waals surface area contributed by atoms with E-state index >= 15 is 0 Å². The van der Waals surface area contributed by atoms with Crippen molar-refractivity contribution in [3.63, 3.8) is 0 Å². The van der Waals surface area contributed by atoms with Crippen molar-refractivity contribution in [2.75, 3.05) is 53.8 Å². The van der Waals surface area contributed by atoms with Crippen LogP contribution in [-0.2, 0) is 6.18 Å². The van der Waals surface area contributed by atoms with Gasteiger partial charge in [-0.15, -0.1) is 11.6 Å². The number of nitrogens with zero attached hydrogens (tertiary/aromatic N) is 7. The number of benzene rings is 1. The Morgan fingerprint density at radius 2 is 1.75 bits per heavy atom. The number of piperazine rings is 1. The average Bonchev–Trinajstić information content (AvgIpc) is 2.89. The number of fused-ring (bicyclic) bond motifs is 1. The molecule has 1 fully saturated rings. The van der Waals surface area contributed by atoms with Crippen molar-refractivity contribution >= 4 is 40.2 Å². The van der Waals surface area contributed by atoms with Crippen LogP contribution in [0.2, 0.25) is 0 Å². The lowest BCUT2D eigenvalue weighted by atomic mass is 10.2. The normalized spacial score (nSPS) is 15.1. The molecule has 0 radical (unpaired) electrons. The zero-order valence-electron chi connectivity index (χ0n) is 19.7. The first-order valence-electron chi connectivity index (χ1n) is 11.3. The molecule has 3 aromatic rings. The Kier molecular flexibility index (Phi) is 7.73. The van der Waals surface area contributed by atoms with Crippen molar-refractivity contribution in [2.45, 2.75) is 6.18 Å². The molecule has 0 atom stereocenters. The van der Waals surface area contributed by atoms with E-state index in [1.54, 1.807) is 11.0 Å². The van der Waals surface area contributed by atoms with Crippen molar-refractivity contribution in [2.24, 2.45) is 0 Å². The number of para-hydroxylation sites is 1. The van der Waals surface area contributed by atoms with Gasteiger partial charge in [0.15, 0.2) is 0 Å². The van der Waals surface area contributed by atoms with Gasteiger partial charge < -0.3 is 14.7 Å². The molecule has 0 N–H and O–H groups in total. The van der Waals surface area contributed by atoms with Crippen LogP contribution in [-0.4, -0.2) is 59.0 Å². The molecule has 2 aromatic heterocycles. The summed E-state index contributed by atoms with van der Waals surface area (Å²) in [6.07, 6.45) is 3.92. The summed E-state index contributed by atoms with van der Waals surface area (Å²) < 4.78 is 39.2. The highest BCUT2D eigenvalue weighted by molar-refractivity contribution is 6.19.